The third-order valence-corrected chi connectivity index (χ3v) is 9.88. The topological polar surface area (TPSA) is 64.7 Å². The normalized spacial score (nSPS) is 29.2. The number of halogens is 2. The molecule has 4 atom stereocenters. The van der Waals surface area contributed by atoms with Crippen LogP contribution in [0.5, 0.6) is 0 Å². The number of alkyl halides is 1. The first-order valence-corrected chi connectivity index (χ1v) is 16.6. The average molecular weight is 657 g/mol. The summed E-state index contributed by atoms with van der Waals surface area (Å²) in [7, 11) is 0. The SMILES string of the molecule is CC1CC(C)CC(CN2CC[C@@H](CNC(=O)c3ccc(Cl)c(CI)c3)N[C@@H](CCN3CCCCC3)C2=O)C1. The fraction of sp³-hybridized carbons (Fsp3) is 0.733. The molecule has 2 heterocycles. The van der Waals surface area contributed by atoms with Gasteiger partial charge < -0.3 is 20.4 Å². The highest BCUT2D eigenvalue weighted by molar-refractivity contribution is 14.1. The van der Waals surface area contributed by atoms with E-state index >= 15 is 0 Å². The Kier molecular flexibility index (Phi) is 11.6. The molecule has 6 nitrogen and oxygen atoms in total. The Hall–Kier alpha value is -0.900. The van der Waals surface area contributed by atoms with Crippen LogP contribution in [0.15, 0.2) is 18.2 Å². The standard InChI is InChI=1S/C30H46ClIN4O2/c1-21-14-22(2)16-23(15-21)20-36-13-8-26(19-33-29(37)24-6-7-27(31)25(17-24)18-32)34-28(30(36)38)9-12-35-10-4-3-5-11-35/h6-7,17,21-23,26,28,34H,3-5,8-16,18-20H2,1-2H3,(H,33,37)/t21?,22?,23?,26-,28-/m0/s1. The molecule has 8 heteroatoms. The summed E-state index contributed by atoms with van der Waals surface area (Å²) in [5.74, 6) is 2.24. The fourth-order valence-corrected chi connectivity index (χ4v) is 7.88. The van der Waals surface area contributed by atoms with Gasteiger partial charge in [-0.25, -0.2) is 0 Å². The summed E-state index contributed by atoms with van der Waals surface area (Å²) >= 11 is 8.51. The average Bonchev–Trinajstić information content (AvgIpc) is 3.05. The van der Waals surface area contributed by atoms with Gasteiger partial charge in [-0.1, -0.05) is 54.5 Å². The minimum absolute atomic E-state index is 0.0693. The van der Waals surface area contributed by atoms with E-state index in [0.717, 1.165) is 67.4 Å². The zero-order chi connectivity index (χ0) is 27.1. The zero-order valence-corrected chi connectivity index (χ0v) is 26.1. The number of nitrogens with zero attached hydrogens (tertiary/aromatic N) is 2. The summed E-state index contributed by atoms with van der Waals surface area (Å²) in [6.07, 6.45) is 9.26. The Labute approximate surface area is 248 Å². The number of carbonyl (C=O) groups excluding carboxylic acids is 2. The molecule has 1 aromatic carbocycles. The first-order valence-electron chi connectivity index (χ1n) is 14.7. The van der Waals surface area contributed by atoms with Gasteiger partial charge in [0.1, 0.15) is 0 Å². The molecule has 1 aliphatic carbocycles. The molecule has 2 unspecified atom stereocenters. The predicted molar refractivity (Wildman–Crippen MR) is 164 cm³/mol. The van der Waals surface area contributed by atoms with E-state index < -0.39 is 0 Å². The van der Waals surface area contributed by atoms with Gasteiger partial charge in [0.15, 0.2) is 0 Å². The number of benzene rings is 1. The van der Waals surface area contributed by atoms with Gasteiger partial charge in [-0.05, 0) is 99.6 Å². The van der Waals surface area contributed by atoms with Crippen LogP contribution in [-0.4, -0.2) is 73.0 Å². The lowest BCUT2D eigenvalue weighted by atomic mass is 9.76. The van der Waals surface area contributed by atoms with Crippen LogP contribution in [0.3, 0.4) is 0 Å². The number of hydrogen-bond donors (Lipinski definition) is 2. The second-order valence-corrected chi connectivity index (χ2v) is 13.3. The van der Waals surface area contributed by atoms with Crippen LogP contribution < -0.4 is 10.6 Å². The van der Waals surface area contributed by atoms with Crippen molar-refractivity contribution in [2.45, 2.75) is 81.7 Å². The summed E-state index contributed by atoms with van der Waals surface area (Å²) in [5, 5.41) is 7.50. The lowest BCUT2D eigenvalue weighted by molar-refractivity contribution is -0.134. The van der Waals surface area contributed by atoms with Crippen LogP contribution in [0, 0.1) is 17.8 Å². The third kappa shape index (κ3) is 8.55. The molecule has 0 bridgehead atoms. The molecule has 2 aliphatic heterocycles. The van der Waals surface area contributed by atoms with Gasteiger partial charge in [0, 0.05) is 47.2 Å². The first kappa shape index (κ1) is 30.1. The number of rotatable bonds is 9. The maximum atomic E-state index is 13.8. The molecule has 3 fully saturated rings. The van der Waals surface area contributed by atoms with Crippen molar-refractivity contribution in [2.24, 2.45) is 17.8 Å². The van der Waals surface area contributed by atoms with Gasteiger partial charge in [0.2, 0.25) is 5.91 Å². The van der Waals surface area contributed by atoms with E-state index in [2.05, 4.69) is 56.9 Å². The van der Waals surface area contributed by atoms with Gasteiger partial charge >= 0.3 is 0 Å². The van der Waals surface area contributed by atoms with Crippen LogP contribution in [-0.2, 0) is 9.22 Å². The highest BCUT2D eigenvalue weighted by Gasteiger charge is 2.34. The predicted octanol–water partition coefficient (Wildman–Crippen LogP) is 5.51. The van der Waals surface area contributed by atoms with E-state index in [-0.39, 0.29) is 23.9 Å². The summed E-state index contributed by atoms with van der Waals surface area (Å²) in [4.78, 5) is 31.4. The van der Waals surface area contributed by atoms with Crippen LogP contribution >= 0.6 is 34.2 Å². The van der Waals surface area contributed by atoms with Gasteiger partial charge in [-0.3, -0.25) is 9.59 Å². The van der Waals surface area contributed by atoms with Crippen molar-refractivity contribution in [3.8, 4) is 0 Å². The Morgan fingerprint density at radius 3 is 2.55 bits per heavy atom. The van der Waals surface area contributed by atoms with E-state index in [0.29, 0.717) is 23.0 Å². The summed E-state index contributed by atoms with van der Waals surface area (Å²) < 4.78 is 0.761. The number of amides is 2. The van der Waals surface area contributed by atoms with Crippen molar-refractivity contribution in [3.05, 3.63) is 34.3 Å². The molecule has 2 N–H and O–H groups in total. The highest BCUT2D eigenvalue weighted by Crippen LogP contribution is 2.33. The van der Waals surface area contributed by atoms with Crippen molar-refractivity contribution in [1.29, 1.82) is 0 Å². The molecule has 0 spiro atoms. The number of hydrogen-bond acceptors (Lipinski definition) is 4. The minimum atomic E-state index is -0.194. The van der Waals surface area contributed by atoms with Gasteiger partial charge in [-0.15, -0.1) is 0 Å². The highest BCUT2D eigenvalue weighted by atomic mass is 127. The van der Waals surface area contributed by atoms with Gasteiger partial charge in [0.05, 0.1) is 6.04 Å². The molecular formula is C30H46ClIN4O2. The first-order chi connectivity index (χ1) is 18.3. The lowest BCUT2D eigenvalue weighted by Crippen LogP contribution is -2.50. The maximum absolute atomic E-state index is 13.8. The molecule has 3 aliphatic rings. The van der Waals surface area contributed by atoms with Crippen LogP contribution in [0.4, 0.5) is 0 Å². The molecule has 0 aromatic heterocycles. The second-order valence-electron chi connectivity index (χ2n) is 12.1. The van der Waals surface area contributed by atoms with Crippen molar-refractivity contribution < 1.29 is 9.59 Å². The third-order valence-electron chi connectivity index (χ3n) is 8.69. The molecule has 212 valence electrons. The smallest absolute Gasteiger partial charge is 0.251 e. The van der Waals surface area contributed by atoms with E-state index in [1.165, 1.54) is 38.5 Å². The number of nitrogens with one attached hydrogen (secondary N) is 2. The Morgan fingerprint density at radius 2 is 1.84 bits per heavy atom. The molecule has 1 saturated carbocycles. The molecule has 4 rings (SSSR count). The van der Waals surface area contributed by atoms with Gasteiger partial charge in [0.25, 0.3) is 5.91 Å². The Bertz CT molecular complexity index is 931. The maximum Gasteiger partial charge on any atom is 0.251 e. The minimum Gasteiger partial charge on any atom is -0.350 e. The molecule has 0 radical (unpaired) electrons. The molecule has 1 aromatic rings. The van der Waals surface area contributed by atoms with E-state index in [1.54, 1.807) is 12.1 Å². The number of carbonyl (C=O) groups is 2. The van der Waals surface area contributed by atoms with E-state index in [9.17, 15) is 9.59 Å². The van der Waals surface area contributed by atoms with E-state index in [4.69, 9.17) is 11.6 Å². The summed E-state index contributed by atoms with van der Waals surface area (Å²) in [5.41, 5.74) is 1.60. The molecule has 38 heavy (non-hydrogen) atoms. The summed E-state index contributed by atoms with van der Waals surface area (Å²) in [6.45, 7) is 10.1. The molecule has 2 saturated heterocycles. The molecule has 2 amide bonds. The van der Waals surface area contributed by atoms with Crippen molar-refractivity contribution >= 4 is 46.0 Å². The fourth-order valence-electron chi connectivity index (χ4n) is 6.84. The zero-order valence-electron chi connectivity index (χ0n) is 23.2. The van der Waals surface area contributed by atoms with Crippen molar-refractivity contribution in [3.63, 3.8) is 0 Å². The van der Waals surface area contributed by atoms with Crippen LogP contribution in [0.25, 0.3) is 0 Å². The summed E-state index contributed by atoms with van der Waals surface area (Å²) in [6, 6.07) is 5.34. The van der Waals surface area contributed by atoms with Crippen LogP contribution in [0.1, 0.15) is 81.1 Å². The Morgan fingerprint density at radius 1 is 1.11 bits per heavy atom. The second kappa shape index (κ2) is 14.6. The van der Waals surface area contributed by atoms with E-state index in [1.807, 2.05) is 6.07 Å². The quantitative estimate of drug-likeness (QED) is 0.272. The van der Waals surface area contributed by atoms with Crippen molar-refractivity contribution in [1.82, 2.24) is 20.4 Å². The van der Waals surface area contributed by atoms with Crippen LogP contribution in [0.2, 0.25) is 5.02 Å². The van der Waals surface area contributed by atoms with Crippen molar-refractivity contribution in [2.75, 3.05) is 39.3 Å². The monoisotopic (exact) mass is 656 g/mol. The largest absolute Gasteiger partial charge is 0.350 e. The number of likely N-dealkylation sites (tertiary alicyclic amines) is 1. The Balaban J connectivity index is 1.39. The number of piperidine rings is 1. The lowest BCUT2D eigenvalue weighted by Gasteiger charge is -2.35. The molecular weight excluding hydrogens is 611 g/mol. The van der Waals surface area contributed by atoms with Gasteiger partial charge in [-0.2, -0.15) is 0 Å².